The second kappa shape index (κ2) is 7.46. The molecule has 4 rings (SSSR count). The maximum Gasteiger partial charge on any atom is 0.332 e. The SMILES string of the molecule is Cn1c(=O)c2ccc(C(=O)N3CCCC(C(=O)N4CCCC4)C3)nc2n(C)c1=O. The zero-order valence-electron chi connectivity index (χ0n) is 16.8. The van der Waals surface area contributed by atoms with Gasteiger partial charge >= 0.3 is 5.69 Å². The van der Waals surface area contributed by atoms with Crippen LogP contribution in [0.3, 0.4) is 0 Å². The van der Waals surface area contributed by atoms with Crippen LogP contribution >= 0.6 is 0 Å². The summed E-state index contributed by atoms with van der Waals surface area (Å²) in [5.41, 5.74) is -0.571. The van der Waals surface area contributed by atoms with E-state index in [0.717, 1.165) is 43.3 Å². The highest BCUT2D eigenvalue weighted by Crippen LogP contribution is 2.22. The second-order valence-electron chi connectivity index (χ2n) is 7.90. The van der Waals surface area contributed by atoms with Crippen LogP contribution in [0.5, 0.6) is 0 Å². The topological polar surface area (TPSA) is 97.5 Å². The molecular weight excluding hydrogens is 374 g/mol. The first kappa shape index (κ1) is 19.4. The third-order valence-electron chi connectivity index (χ3n) is 6.00. The van der Waals surface area contributed by atoms with Crippen molar-refractivity contribution in [2.24, 2.45) is 20.0 Å². The average molecular weight is 399 g/mol. The Labute approximate surface area is 167 Å². The van der Waals surface area contributed by atoms with Gasteiger partial charge in [0.25, 0.3) is 11.5 Å². The molecule has 2 aromatic heterocycles. The minimum Gasteiger partial charge on any atom is -0.342 e. The maximum absolute atomic E-state index is 13.0. The molecule has 1 unspecified atom stereocenters. The average Bonchev–Trinajstić information content (AvgIpc) is 3.29. The summed E-state index contributed by atoms with van der Waals surface area (Å²) in [4.78, 5) is 58.1. The highest BCUT2D eigenvalue weighted by Gasteiger charge is 2.33. The van der Waals surface area contributed by atoms with E-state index in [-0.39, 0.29) is 34.5 Å². The molecule has 2 amide bonds. The number of carbonyl (C=O) groups is 2. The van der Waals surface area contributed by atoms with Crippen LogP contribution in [-0.4, -0.2) is 61.9 Å². The van der Waals surface area contributed by atoms with Crippen molar-refractivity contribution in [2.75, 3.05) is 26.2 Å². The van der Waals surface area contributed by atoms with Crippen LogP contribution < -0.4 is 11.2 Å². The standard InChI is InChI=1S/C20H25N5O4/c1-22-16-14(18(27)23(2)20(22)29)7-8-15(21-16)19(28)25-11-5-6-13(12-25)17(26)24-9-3-4-10-24/h7-8,13H,3-6,9-12H2,1-2H3. The number of hydrogen-bond donors (Lipinski definition) is 0. The first-order valence-corrected chi connectivity index (χ1v) is 10.0. The van der Waals surface area contributed by atoms with Gasteiger partial charge in [-0.3, -0.25) is 23.5 Å². The summed E-state index contributed by atoms with van der Waals surface area (Å²) in [6, 6.07) is 3.05. The van der Waals surface area contributed by atoms with E-state index < -0.39 is 11.2 Å². The summed E-state index contributed by atoms with van der Waals surface area (Å²) in [6.07, 6.45) is 3.64. The predicted octanol–water partition coefficient (Wildman–Crippen LogP) is 0.107. The van der Waals surface area contributed by atoms with Gasteiger partial charge in [-0.2, -0.15) is 0 Å². The van der Waals surface area contributed by atoms with Crippen LogP contribution in [-0.2, 0) is 18.9 Å². The van der Waals surface area contributed by atoms with Gasteiger partial charge in [0.2, 0.25) is 5.91 Å². The van der Waals surface area contributed by atoms with E-state index in [1.54, 1.807) is 4.90 Å². The lowest BCUT2D eigenvalue weighted by atomic mass is 9.96. The highest BCUT2D eigenvalue weighted by atomic mass is 16.2. The molecular formula is C20H25N5O4. The Balaban J connectivity index is 1.60. The van der Waals surface area contributed by atoms with Crippen LogP contribution in [0.4, 0.5) is 0 Å². The first-order valence-electron chi connectivity index (χ1n) is 10.0. The fraction of sp³-hybridized carbons (Fsp3) is 0.550. The van der Waals surface area contributed by atoms with Crippen molar-refractivity contribution in [3.63, 3.8) is 0 Å². The molecule has 0 N–H and O–H groups in total. The molecule has 0 bridgehead atoms. The lowest BCUT2D eigenvalue weighted by Crippen LogP contribution is -2.46. The molecule has 29 heavy (non-hydrogen) atoms. The minimum atomic E-state index is -0.492. The Kier molecular flexibility index (Phi) is 4.97. The first-order chi connectivity index (χ1) is 13.9. The van der Waals surface area contributed by atoms with Gasteiger partial charge < -0.3 is 9.80 Å². The van der Waals surface area contributed by atoms with E-state index in [9.17, 15) is 19.2 Å². The van der Waals surface area contributed by atoms with E-state index in [0.29, 0.717) is 13.1 Å². The summed E-state index contributed by atoms with van der Waals surface area (Å²) in [6.45, 7) is 2.55. The number of pyridine rings is 1. The van der Waals surface area contributed by atoms with Crippen molar-refractivity contribution in [1.82, 2.24) is 23.9 Å². The molecule has 0 saturated carbocycles. The molecule has 2 saturated heterocycles. The van der Waals surface area contributed by atoms with Crippen molar-refractivity contribution in [3.05, 3.63) is 38.7 Å². The normalized spacial score (nSPS) is 19.7. The van der Waals surface area contributed by atoms with E-state index in [1.165, 1.54) is 30.8 Å². The number of fused-ring (bicyclic) bond motifs is 1. The third kappa shape index (κ3) is 3.34. The summed E-state index contributed by atoms with van der Waals surface area (Å²) in [5, 5.41) is 0.284. The predicted molar refractivity (Wildman–Crippen MR) is 107 cm³/mol. The van der Waals surface area contributed by atoms with Crippen molar-refractivity contribution in [2.45, 2.75) is 25.7 Å². The van der Waals surface area contributed by atoms with Crippen LogP contribution in [0, 0.1) is 5.92 Å². The Hall–Kier alpha value is -2.97. The Morgan fingerprint density at radius 2 is 1.66 bits per heavy atom. The monoisotopic (exact) mass is 399 g/mol. The van der Waals surface area contributed by atoms with Gasteiger partial charge in [0, 0.05) is 40.3 Å². The Bertz CT molecular complexity index is 1100. The minimum absolute atomic E-state index is 0.136. The molecule has 154 valence electrons. The fourth-order valence-corrected chi connectivity index (χ4v) is 4.29. The molecule has 2 aliphatic heterocycles. The summed E-state index contributed by atoms with van der Waals surface area (Å²) in [5.74, 6) is -0.320. The molecule has 0 radical (unpaired) electrons. The highest BCUT2D eigenvalue weighted by molar-refractivity contribution is 5.95. The Morgan fingerprint density at radius 3 is 2.38 bits per heavy atom. The lowest BCUT2D eigenvalue weighted by molar-refractivity contribution is -0.135. The fourth-order valence-electron chi connectivity index (χ4n) is 4.29. The number of hydrogen-bond acceptors (Lipinski definition) is 5. The summed E-state index contributed by atoms with van der Waals surface area (Å²) >= 11 is 0. The third-order valence-corrected chi connectivity index (χ3v) is 6.00. The number of carbonyl (C=O) groups excluding carboxylic acids is 2. The van der Waals surface area contributed by atoms with Crippen molar-refractivity contribution in [1.29, 1.82) is 0 Å². The van der Waals surface area contributed by atoms with Crippen LogP contribution in [0.25, 0.3) is 11.0 Å². The lowest BCUT2D eigenvalue weighted by Gasteiger charge is -2.33. The molecule has 0 aromatic carbocycles. The van der Waals surface area contributed by atoms with Crippen LogP contribution in [0.15, 0.2) is 21.7 Å². The Morgan fingerprint density at radius 1 is 0.966 bits per heavy atom. The van der Waals surface area contributed by atoms with E-state index >= 15 is 0 Å². The van der Waals surface area contributed by atoms with Crippen molar-refractivity contribution < 1.29 is 9.59 Å². The van der Waals surface area contributed by atoms with Crippen molar-refractivity contribution in [3.8, 4) is 0 Å². The smallest absolute Gasteiger partial charge is 0.332 e. The summed E-state index contributed by atoms with van der Waals surface area (Å²) < 4.78 is 2.29. The van der Waals surface area contributed by atoms with E-state index in [4.69, 9.17) is 0 Å². The summed E-state index contributed by atoms with van der Waals surface area (Å²) in [7, 11) is 2.94. The number of aromatic nitrogens is 3. The number of piperidine rings is 1. The second-order valence-corrected chi connectivity index (χ2v) is 7.90. The molecule has 0 spiro atoms. The molecule has 2 fully saturated rings. The van der Waals surface area contributed by atoms with Crippen molar-refractivity contribution >= 4 is 22.8 Å². The number of amides is 2. The van der Waals surface area contributed by atoms with Gasteiger partial charge in [0.15, 0.2) is 0 Å². The largest absolute Gasteiger partial charge is 0.342 e. The number of likely N-dealkylation sites (tertiary alicyclic amines) is 2. The number of aryl methyl sites for hydroxylation is 1. The molecule has 1 atom stereocenters. The maximum atomic E-state index is 13.0. The van der Waals surface area contributed by atoms with Gasteiger partial charge in [-0.05, 0) is 37.8 Å². The van der Waals surface area contributed by atoms with Gasteiger partial charge in [-0.15, -0.1) is 0 Å². The van der Waals surface area contributed by atoms with Gasteiger partial charge in [-0.25, -0.2) is 9.78 Å². The van der Waals surface area contributed by atoms with Gasteiger partial charge in [0.1, 0.15) is 11.3 Å². The molecule has 9 heteroatoms. The van der Waals surface area contributed by atoms with Crippen LogP contribution in [0.2, 0.25) is 0 Å². The zero-order valence-corrected chi connectivity index (χ0v) is 16.8. The quantitative estimate of drug-likeness (QED) is 0.714. The molecule has 4 heterocycles. The zero-order chi connectivity index (χ0) is 20.7. The molecule has 0 aliphatic carbocycles. The number of rotatable bonds is 2. The van der Waals surface area contributed by atoms with Gasteiger partial charge in [0.05, 0.1) is 11.3 Å². The van der Waals surface area contributed by atoms with Gasteiger partial charge in [-0.1, -0.05) is 0 Å². The van der Waals surface area contributed by atoms with E-state index in [2.05, 4.69) is 4.98 Å². The number of nitrogens with zero attached hydrogens (tertiary/aromatic N) is 5. The van der Waals surface area contributed by atoms with Crippen LogP contribution in [0.1, 0.15) is 36.2 Å². The molecule has 2 aliphatic rings. The van der Waals surface area contributed by atoms with E-state index in [1.807, 2.05) is 4.90 Å². The molecule has 9 nitrogen and oxygen atoms in total. The molecule has 2 aromatic rings.